The van der Waals surface area contributed by atoms with Crippen LogP contribution in [0.4, 0.5) is 5.95 Å². The molecule has 0 radical (unpaired) electrons. The van der Waals surface area contributed by atoms with Gasteiger partial charge in [0.05, 0.1) is 25.5 Å². The van der Waals surface area contributed by atoms with Crippen LogP contribution in [0.25, 0.3) is 0 Å². The van der Waals surface area contributed by atoms with Crippen molar-refractivity contribution in [3.05, 3.63) is 11.9 Å². The molecule has 2 saturated heterocycles. The van der Waals surface area contributed by atoms with E-state index in [0.29, 0.717) is 57.4 Å². The second kappa shape index (κ2) is 12.4. The number of hydrogen-bond donors (Lipinski definition) is 4. The van der Waals surface area contributed by atoms with Crippen LogP contribution in [-0.4, -0.2) is 101 Å². The number of carbonyl (C=O) groups is 2. The molecular weight excluding hydrogens is 476 g/mol. The number of anilines is 1. The van der Waals surface area contributed by atoms with Gasteiger partial charge in [-0.2, -0.15) is 5.26 Å². The number of carboxylic acids is 1. The molecule has 0 aromatic carbocycles. The van der Waals surface area contributed by atoms with Crippen LogP contribution in [0.15, 0.2) is 11.2 Å². The zero-order valence-electron chi connectivity index (χ0n) is 21.5. The predicted octanol–water partition coefficient (Wildman–Crippen LogP) is 1.65. The maximum atomic E-state index is 13.7. The summed E-state index contributed by atoms with van der Waals surface area (Å²) in [5.74, 6) is -0.282. The highest BCUT2D eigenvalue weighted by Crippen LogP contribution is 2.29. The maximum Gasteiger partial charge on any atom is 0.354 e. The highest BCUT2D eigenvalue weighted by Gasteiger charge is 2.38. The van der Waals surface area contributed by atoms with Crippen LogP contribution in [-0.2, 0) is 9.53 Å². The molecule has 4 rings (SSSR count). The number of aromatic nitrogens is 2. The average molecular weight is 515 g/mol. The minimum Gasteiger partial charge on any atom is -0.477 e. The number of imidazole rings is 1. The third-order valence-corrected chi connectivity index (χ3v) is 7.63. The Bertz CT molecular complexity index is 999. The molecule has 1 atom stereocenters. The van der Waals surface area contributed by atoms with E-state index in [0.717, 1.165) is 38.8 Å². The Balaban J connectivity index is 1.60. The first-order valence-corrected chi connectivity index (χ1v) is 13.2. The van der Waals surface area contributed by atoms with Crippen molar-refractivity contribution in [3.63, 3.8) is 0 Å². The number of ether oxygens (including phenoxy) is 1. The molecule has 1 amide bonds. The smallest absolute Gasteiger partial charge is 0.354 e. The third-order valence-electron chi connectivity index (χ3n) is 7.63. The zero-order valence-corrected chi connectivity index (χ0v) is 21.5. The summed E-state index contributed by atoms with van der Waals surface area (Å²) in [5.41, 5.74) is -0.938. The molecule has 1 aromatic heterocycles. The molecule has 12 heteroatoms. The van der Waals surface area contributed by atoms with E-state index >= 15 is 0 Å². The Morgan fingerprint density at radius 1 is 1.27 bits per heavy atom. The number of morpholine rings is 1. The molecule has 1 unspecified atom stereocenters. The number of aliphatic imine (C=N–C) groups is 1. The second-order valence-corrected chi connectivity index (χ2v) is 10.4. The van der Waals surface area contributed by atoms with Gasteiger partial charge in [-0.3, -0.25) is 10.1 Å². The zero-order chi connectivity index (χ0) is 26.3. The fourth-order valence-corrected chi connectivity index (χ4v) is 5.26. The van der Waals surface area contributed by atoms with Gasteiger partial charge in [-0.05, 0) is 32.2 Å². The number of carboxylic acid groups (broad SMARTS) is 1. The number of aromatic amines is 1. The van der Waals surface area contributed by atoms with E-state index in [9.17, 15) is 20.0 Å². The summed E-state index contributed by atoms with van der Waals surface area (Å²) in [7, 11) is 2.02. The third kappa shape index (κ3) is 7.20. The number of rotatable bonds is 7. The fraction of sp³-hybridized carbons (Fsp3) is 0.720. The van der Waals surface area contributed by atoms with Gasteiger partial charge >= 0.3 is 5.97 Å². The van der Waals surface area contributed by atoms with Crippen molar-refractivity contribution in [2.45, 2.75) is 62.9 Å². The van der Waals surface area contributed by atoms with Gasteiger partial charge in [-0.1, -0.05) is 32.1 Å². The molecule has 2 aliphatic heterocycles. The molecule has 3 fully saturated rings. The molecule has 37 heavy (non-hydrogen) atoms. The number of aromatic carboxylic acids is 1. The Morgan fingerprint density at radius 2 is 1.97 bits per heavy atom. The monoisotopic (exact) mass is 514 g/mol. The molecule has 1 saturated carbocycles. The molecule has 3 aliphatic rings. The van der Waals surface area contributed by atoms with Gasteiger partial charge in [-0.15, -0.1) is 0 Å². The Hall–Kier alpha value is -3.17. The molecule has 0 spiro atoms. The summed E-state index contributed by atoms with van der Waals surface area (Å²) in [6.07, 6.45) is 8.63. The van der Waals surface area contributed by atoms with E-state index in [4.69, 9.17) is 9.73 Å². The van der Waals surface area contributed by atoms with Gasteiger partial charge in [-0.25, -0.2) is 14.8 Å². The summed E-state index contributed by atoms with van der Waals surface area (Å²) >= 11 is 0. The Morgan fingerprint density at radius 3 is 2.59 bits per heavy atom. The quantitative estimate of drug-likeness (QED) is 0.313. The fourth-order valence-electron chi connectivity index (χ4n) is 5.26. The van der Waals surface area contributed by atoms with Crippen LogP contribution in [0.1, 0.15) is 61.9 Å². The van der Waals surface area contributed by atoms with Crippen molar-refractivity contribution in [1.29, 1.82) is 5.26 Å². The SMILES string of the molecule is CN1CCC(C#N)(NC(=O)C(CC2CCCCC2)N=C(Nc2ncc(C(=O)O)[nH]2)N2CCOCC2)CC1. The van der Waals surface area contributed by atoms with Crippen molar-refractivity contribution in [1.82, 2.24) is 25.1 Å². The van der Waals surface area contributed by atoms with Crippen LogP contribution in [0.3, 0.4) is 0 Å². The van der Waals surface area contributed by atoms with Crippen molar-refractivity contribution in [2.24, 2.45) is 10.9 Å². The number of guanidine groups is 1. The average Bonchev–Trinajstić information content (AvgIpc) is 3.39. The maximum absolute atomic E-state index is 13.7. The summed E-state index contributed by atoms with van der Waals surface area (Å²) < 4.78 is 5.50. The number of amides is 1. The lowest BCUT2D eigenvalue weighted by Crippen LogP contribution is -2.56. The lowest BCUT2D eigenvalue weighted by Gasteiger charge is -2.37. The number of hydrogen-bond acceptors (Lipinski definition) is 7. The topological polar surface area (TPSA) is 159 Å². The first kappa shape index (κ1) is 26.9. The molecule has 12 nitrogen and oxygen atoms in total. The van der Waals surface area contributed by atoms with Gasteiger partial charge < -0.3 is 29.9 Å². The summed E-state index contributed by atoms with van der Waals surface area (Å²) in [5, 5.41) is 25.5. The van der Waals surface area contributed by atoms with E-state index in [2.05, 4.69) is 31.6 Å². The van der Waals surface area contributed by atoms with Crippen LogP contribution in [0.5, 0.6) is 0 Å². The van der Waals surface area contributed by atoms with E-state index in [-0.39, 0.29) is 17.5 Å². The van der Waals surface area contributed by atoms with Crippen LogP contribution in [0, 0.1) is 17.2 Å². The summed E-state index contributed by atoms with van der Waals surface area (Å²) in [6.45, 7) is 3.67. The van der Waals surface area contributed by atoms with E-state index in [1.165, 1.54) is 12.6 Å². The molecule has 1 aliphatic carbocycles. The first-order valence-electron chi connectivity index (χ1n) is 13.2. The summed E-state index contributed by atoms with van der Waals surface area (Å²) in [4.78, 5) is 41.0. The molecular formula is C25H38N8O4. The number of carbonyl (C=O) groups excluding carboxylic acids is 1. The largest absolute Gasteiger partial charge is 0.477 e. The molecule has 1 aromatic rings. The molecule has 202 valence electrons. The molecule has 4 N–H and O–H groups in total. The van der Waals surface area contributed by atoms with Gasteiger partial charge in [0.25, 0.3) is 0 Å². The first-order chi connectivity index (χ1) is 17.9. The van der Waals surface area contributed by atoms with Crippen LogP contribution in [0.2, 0.25) is 0 Å². The number of nitrogens with zero attached hydrogens (tertiary/aromatic N) is 5. The van der Waals surface area contributed by atoms with Crippen molar-refractivity contribution in [3.8, 4) is 6.07 Å². The number of H-pyrrole nitrogens is 1. The number of likely N-dealkylation sites (tertiary alicyclic amines) is 1. The lowest BCUT2D eigenvalue weighted by molar-refractivity contribution is -0.124. The van der Waals surface area contributed by atoms with Gasteiger partial charge in [0.2, 0.25) is 17.8 Å². The normalized spacial score (nSPS) is 22.2. The van der Waals surface area contributed by atoms with E-state index in [1.54, 1.807) is 0 Å². The lowest BCUT2D eigenvalue weighted by atomic mass is 9.84. The van der Waals surface area contributed by atoms with Crippen LogP contribution >= 0.6 is 0 Å². The second-order valence-electron chi connectivity index (χ2n) is 10.4. The van der Waals surface area contributed by atoms with Gasteiger partial charge in [0, 0.05) is 26.2 Å². The Kier molecular flexibility index (Phi) is 9.00. The highest BCUT2D eigenvalue weighted by molar-refractivity contribution is 5.95. The predicted molar refractivity (Wildman–Crippen MR) is 137 cm³/mol. The van der Waals surface area contributed by atoms with E-state index < -0.39 is 17.6 Å². The van der Waals surface area contributed by atoms with E-state index in [1.807, 2.05) is 11.9 Å². The van der Waals surface area contributed by atoms with Crippen molar-refractivity contribution >= 4 is 23.8 Å². The minimum absolute atomic E-state index is 0.0430. The van der Waals surface area contributed by atoms with Crippen molar-refractivity contribution < 1.29 is 19.4 Å². The Labute approximate surface area is 217 Å². The number of nitriles is 1. The van der Waals surface area contributed by atoms with Gasteiger partial charge in [0.1, 0.15) is 17.3 Å². The minimum atomic E-state index is -1.11. The summed E-state index contributed by atoms with van der Waals surface area (Å²) in [6, 6.07) is 1.69. The van der Waals surface area contributed by atoms with Crippen LogP contribution < -0.4 is 10.6 Å². The van der Waals surface area contributed by atoms with Gasteiger partial charge in [0.15, 0.2) is 0 Å². The van der Waals surface area contributed by atoms with Crippen molar-refractivity contribution in [2.75, 3.05) is 51.8 Å². The number of nitrogens with one attached hydrogen (secondary N) is 3. The number of piperidine rings is 1. The highest BCUT2D eigenvalue weighted by atomic mass is 16.5. The molecule has 0 bridgehead atoms. The standard InChI is InChI=1S/C25H38N8O4/c1-32-9-7-25(17-26,8-10-32)31-21(34)19(15-18-5-3-2-4-6-18)29-24(33-11-13-37-14-12-33)30-23-27-16-20(28-23)22(35)36/h16,18-19H,2-15H2,1H3,(H,31,34)(H,35,36)(H2,27,28,29,30). The molecule has 3 heterocycles.